The highest BCUT2D eigenvalue weighted by Crippen LogP contribution is 2.29. The number of nitrogens with zero attached hydrogens (tertiary/aromatic N) is 1. The second kappa shape index (κ2) is 5.96. The number of nitrogens with one attached hydrogen (secondary N) is 1. The maximum atomic E-state index is 12.3. The maximum Gasteiger partial charge on any atom is 0.240 e. The standard InChI is InChI=1S/C14H18N2O5S/c1-16-12-3-2-11(8-10(12)9-13(16)17)22(18,19)15-5-4-14-20-6-7-21-14/h2-3,8,14-15H,4-7,9H2,1H3. The van der Waals surface area contributed by atoms with E-state index in [2.05, 4.69) is 4.72 Å². The Morgan fingerprint density at radius 1 is 1.32 bits per heavy atom. The van der Waals surface area contributed by atoms with E-state index < -0.39 is 10.0 Å². The lowest BCUT2D eigenvalue weighted by atomic mass is 10.2. The Morgan fingerprint density at radius 3 is 2.77 bits per heavy atom. The number of anilines is 1. The van der Waals surface area contributed by atoms with Gasteiger partial charge in [0.05, 0.1) is 24.5 Å². The minimum Gasteiger partial charge on any atom is -0.350 e. The van der Waals surface area contributed by atoms with Crippen molar-refractivity contribution in [2.75, 3.05) is 31.7 Å². The summed E-state index contributed by atoms with van der Waals surface area (Å²) in [7, 11) is -1.92. The number of carbonyl (C=O) groups is 1. The fourth-order valence-corrected chi connectivity index (χ4v) is 3.68. The molecule has 0 radical (unpaired) electrons. The normalized spacial score (nSPS) is 19.0. The van der Waals surface area contributed by atoms with Crippen LogP contribution in [0.15, 0.2) is 23.1 Å². The molecule has 3 rings (SSSR count). The molecule has 2 heterocycles. The quantitative estimate of drug-likeness (QED) is 0.838. The van der Waals surface area contributed by atoms with Crippen molar-refractivity contribution < 1.29 is 22.7 Å². The van der Waals surface area contributed by atoms with Crippen LogP contribution in [-0.2, 0) is 30.7 Å². The number of benzene rings is 1. The minimum atomic E-state index is -3.60. The highest BCUT2D eigenvalue weighted by molar-refractivity contribution is 7.89. The molecule has 0 bridgehead atoms. The van der Waals surface area contributed by atoms with Gasteiger partial charge in [-0.3, -0.25) is 4.79 Å². The van der Waals surface area contributed by atoms with Crippen LogP contribution in [0.3, 0.4) is 0 Å². The van der Waals surface area contributed by atoms with Gasteiger partial charge in [-0.2, -0.15) is 0 Å². The third-order valence-corrected chi connectivity index (χ3v) is 5.26. The number of ether oxygens (including phenoxy) is 2. The van der Waals surface area contributed by atoms with Gasteiger partial charge in [-0.1, -0.05) is 0 Å². The monoisotopic (exact) mass is 326 g/mol. The molecule has 0 saturated carbocycles. The Hall–Kier alpha value is -1.48. The highest BCUT2D eigenvalue weighted by Gasteiger charge is 2.26. The van der Waals surface area contributed by atoms with E-state index in [0.717, 1.165) is 11.3 Å². The van der Waals surface area contributed by atoms with Gasteiger partial charge >= 0.3 is 0 Å². The second-order valence-corrected chi connectivity index (χ2v) is 7.04. The molecule has 1 aromatic rings. The van der Waals surface area contributed by atoms with Gasteiger partial charge in [0.1, 0.15) is 0 Å². The van der Waals surface area contributed by atoms with Gasteiger partial charge in [-0.15, -0.1) is 0 Å². The molecule has 0 unspecified atom stereocenters. The van der Waals surface area contributed by atoms with Gasteiger partial charge in [0.25, 0.3) is 0 Å². The molecule has 8 heteroatoms. The number of amides is 1. The Morgan fingerprint density at radius 2 is 2.05 bits per heavy atom. The summed E-state index contributed by atoms with van der Waals surface area (Å²) >= 11 is 0. The molecule has 120 valence electrons. The van der Waals surface area contributed by atoms with Crippen LogP contribution < -0.4 is 9.62 Å². The third kappa shape index (κ3) is 3.00. The molecule has 1 amide bonds. The van der Waals surface area contributed by atoms with Crippen LogP contribution in [0.4, 0.5) is 5.69 Å². The zero-order chi connectivity index (χ0) is 15.7. The molecule has 0 atom stereocenters. The summed E-state index contributed by atoms with van der Waals surface area (Å²) in [5.41, 5.74) is 1.49. The molecule has 0 spiro atoms. The van der Waals surface area contributed by atoms with Gasteiger partial charge in [0, 0.05) is 25.7 Å². The van der Waals surface area contributed by atoms with E-state index in [1.165, 1.54) is 11.0 Å². The molecule has 2 aliphatic heterocycles. The summed E-state index contributed by atoms with van der Waals surface area (Å²) in [6, 6.07) is 4.73. The van der Waals surface area contributed by atoms with Gasteiger partial charge in [-0.05, 0) is 23.8 Å². The van der Waals surface area contributed by atoms with Crippen LogP contribution in [0.5, 0.6) is 0 Å². The Kier molecular flexibility index (Phi) is 4.18. The molecular formula is C14H18N2O5S. The first-order valence-electron chi connectivity index (χ1n) is 7.10. The zero-order valence-corrected chi connectivity index (χ0v) is 13.1. The van der Waals surface area contributed by atoms with Gasteiger partial charge in [-0.25, -0.2) is 13.1 Å². The van der Waals surface area contributed by atoms with Crippen LogP contribution in [0.25, 0.3) is 0 Å². The molecular weight excluding hydrogens is 308 g/mol. The summed E-state index contributed by atoms with van der Waals surface area (Å²) in [5, 5.41) is 0. The smallest absolute Gasteiger partial charge is 0.240 e. The maximum absolute atomic E-state index is 12.3. The Balaban J connectivity index is 1.67. The number of hydrogen-bond acceptors (Lipinski definition) is 5. The van der Waals surface area contributed by atoms with Crippen molar-refractivity contribution in [3.8, 4) is 0 Å². The summed E-state index contributed by atoms with van der Waals surface area (Å²) in [4.78, 5) is 13.3. The SMILES string of the molecule is CN1C(=O)Cc2cc(S(=O)(=O)NCCC3OCCO3)ccc21. The first-order valence-corrected chi connectivity index (χ1v) is 8.58. The first kappa shape index (κ1) is 15.4. The van der Waals surface area contributed by atoms with E-state index in [0.29, 0.717) is 19.6 Å². The number of hydrogen-bond donors (Lipinski definition) is 1. The topological polar surface area (TPSA) is 84.9 Å². The van der Waals surface area contributed by atoms with Crippen molar-refractivity contribution in [1.82, 2.24) is 4.72 Å². The minimum absolute atomic E-state index is 0.0342. The van der Waals surface area contributed by atoms with Crippen LogP contribution in [0.1, 0.15) is 12.0 Å². The van der Waals surface area contributed by atoms with E-state index in [1.807, 2.05) is 0 Å². The number of carbonyl (C=O) groups excluding carboxylic acids is 1. The molecule has 2 aliphatic rings. The summed E-state index contributed by atoms with van der Waals surface area (Å²) in [6.07, 6.45) is 0.360. The number of fused-ring (bicyclic) bond motifs is 1. The van der Waals surface area contributed by atoms with Crippen LogP contribution in [0, 0.1) is 0 Å². The van der Waals surface area contributed by atoms with E-state index in [1.54, 1.807) is 19.2 Å². The van der Waals surface area contributed by atoms with Gasteiger partial charge in [0.2, 0.25) is 15.9 Å². The summed E-state index contributed by atoms with van der Waals surface area (Å²) in [5.74, 6) is -0.0342. The van der Waals surface area contributed by atoms with Gasteiger partial charge < -0.3 is 14.4 Å². The van der Waals surface area contributed by atoms with Crippen LogP contribution >= 0.6 is 0 Å². The summed E-state index contributed by atoms with van der Waals surface area (Å²) < 4.78 is 37.6. The number of sulfonamides is 1. The number of rotatable bonds is 5. The molecule has 1 fully saturated rings. The fraction of sp³-hybridized carbons (Fsp3) is 0.500. The zero-order valence-electron chi connectivity index (χ0n) is 12.2. The lowest BCUT2D eigenvalue weighted by molar-refractivity contribution is -0.117. The molecule has 1 saturated heterocycles. The van der Waals surface area contributed by atoms with Crippen molar-refractivity contribution in [3.63, 3.8) is 0 Å². The lowest BCUT2D eigenvalue weighted by Crippen LogP contribution is -2.27. The second-order valence-electron chi connectivity index (χ2n) is 5.28. The van der Waals surface area contributed by atoms with Crippen molar-refractivity contribution in [2.24, 2.45) is 0 Å². The third-order valence-electron chi connectivity index (χ3n) is 3.80. The highest BCUT2D eigenvalue weighted by atomic mass is 32.2. The molecule has 22 heavy (non-hydrogen) atoms. The Bertz CT molecular complexity index is 682. The van der Waals surface area contributed by atoms with Crippen molar-refractivity contribution in [3.05, 3.63) is 23.8 Å². The van der Waals surface area contributed by atoms with E-state index in [4.69, 9.17) is 9.47 Å². The van der Waals surface area contributed by atoms with Crippen molar-refractivity contribution in [1.29, 1.82) is 0 Å². The van der Waals surface area contributed by atoms with Crippen molar-refractivity contribution >= 4 is 21.6 Å². The fourth-order valence-electron chi connectivity index (χ4n) is 2.58. The van der Waals surface area contributed by atoms with E-state index >= 15 is 0 Å². The summed E-state index contributed by atoms with van der Waals surface area (Å²) in [6.45, 7) is 1.33. The Labute approximate surface area is 129 Å². The predicted molar refractivity (Wildman–Crippen MR) is 79.1 cm³/mol. The van der Waals surface area contributed by atoms with Crippen LogP contribution in [-0.4, -0.2) is 47.4 Å². The first-order chi connectivity index (χ1) is 10.5. The molecule has 0 aromatic heterocycles. The van der Waals surface area contributed by atoms with E-state index in [-0.39, 0.29) is 30.1 Å². The van der Waals surface area contributed by atoms with E-state index in [9.17, 15) is 13.2 Å². The molecule has 0 aliphatic carbocycles. The van der Waals surface area contributed by atoms with Crippen LogP contribution in [0.2, 0.25) is 0 Å². The largest absolute Gasteiger partial charge is 0.350 e. The molecule has 7 nitrogen and oxygen atoms in total. The van der Waals surface area contributed by atoms with Gasteiger partial charge in [0.15, 0.2) is 6.29 Å². The molecule has 1 aromatic carbocycles. The van der Waals surface area contributed by atoms with Crippen molar-refractivity contribution in [2.45, 2.75) is 24.0 Å². The molecule has 1 N–H and O–H groups in total. The average molecular weight is 326 g/mol. The average Bonchev–Trinajstić information content (AvgIpc) is 3.08. The number of likely N-dealkylation sites (N-methyl/N-ethyl adjacent to an activating group) is 1. The lowest BCUT2D eigenvalue weighted by Gasteiger charge is -2.12. The predicted octanol–water partition coefficient (Wildman–Crippen LogP) is 0.247.